The minimum absolute atomic E-state index is 0.863. The average Bonchev–Trinajstić information content (AvgIpc) is 3.86. The predicted molar refractivity (Wildman–Crippen MR) is 243 cm³/mol. The van der Waals surface area contributed by atoms with Gasteiger partial charge in [0.2, 0.25) is 0 Å². The van der Waals surface area contributed by atoms with E-state index in [1.807, 2.05) is 17.4 Å². The summed E-state index contributed by atoms with van der Waals surface area (Å²) in [6, 6.07) is 76.5. The number of benzene rings is 9. The molecule has 0 bridgehead atoms. The van der Waals surface area contributed by atoms with Gasteiger partial charge in [0.05, 0.1) is 11.4 Å². The molecule has 3 heteroatoms. The van der Waals surface area contributed by atoms with Crippen molar-refractivity contribution >= 4 is 70.5 Å². The standard InChI is InChI=1S/C54H35NOS/c1-3-14-36(15-4-1)38-26-29-42(30-27-38)55(47-23-10-7-20-43(47)40-28-33-52-46(35-40)44-21-9-12-25-51(44)57-52)48-31-32-50-54(45-22-8-11-24-49(45)56-50)53(48)41-19-13-18-39(34-41)37-16-5-2-6-17-37/h1-35H. The Bertz CT molecular complexity index is 3230. The van der Waals surface area contributed by atoms with Crippen molar-refractivity contribution in [2.75, 3.05) is 4.90 Å². The fourth-order valence-corrected chi connectivity index (χ4v) is 9.50. The summed E-state index contributed by atoms with van der Waals surface area (Å²) in [6.45, 7) is 0. The van der Waals surface area contributed by atoms with Gasteiger partial charge in [0.15, 0.2) is 0 Å². The van der Waals surface area contributed by atoms with Crippen LogP contribution in [0, 0.1) is 0 Å². The monoisotopic (exact) mass is 745 g/mol. The van der Waals surface area contributed by atoms with Crippen molar-refractivity contribution in [3.05, 3.63) is 212 Å². The van der Waals surface area contributed by atoms with E-state index in [4.69, 9.17) is 4.42 Å². The highest BCUT2D eigenvalue weighted by Gasteiger charge is 2.25. The first-order chi connectivity index (χ1) is 28.3. The van der Waals surface area contributed by atoms with Crippen molar-refractivity contribution in [1.82, 2.24) is 0 Å². The third kappa shape index (κ3) is 5.80. The highest BCUT2D eigenvalue weighted by atomic mass is 32.1. The summed E-state index contributed by atoms with van der Waals surface area (Å²) in [4.78, 5) is 2.45. The average molecular weight is 746 g/mol. The SMILES string of the molecule is c1ccc(-c2ccc(N(c3ccccc3-c3ccc4sc5ccccc5c4c3)c3ccc4oc5ccccc5c4c3-c3cccc(-c4ccccc4)c3)cc2)cc1. The Labute approximate surface area is 335 Å². The van der Waals surface area contributed by atoms with Gasteiger partial charge in [-0.1, -0.05) is 152 Å². The number of thiophene rings is 1. The maximum Gasteiger partial charge on any atom is 0.136 e. The summed E-state index contributed by atoms with van der Waals surface area (Å²) < 4.78 is 9.19. The molecule has 0 amide bonds. The van der Waals surface area contributed by atoms with Crippen molar-refractivity contribution in [2.45, 2.75) is 0 Å². The quantitative estimate of drug-likeness (QED) is 0.162. The Morgan fingerprint density at radius 3 is 1.79 bits per heavy atom. The molecule has 0 atom stereocenters. The normalized spacial score (nSPS) is 11.5. The van der Waals surface area contributed by atoms with Crippen molar-refractivity contribution in [1.29, 1.82) is 0 Å². The number of furan rings is 1. The number of rotatable bonds is 7. The summed E-state index contributed by atoms with van der Waals surface area (Å²) in [5, 5.41) is 4.77. The Kier molecular flexibility index (Phi) is 8.04. The van der Waals surface area contributed by atoms with Crippen molar-refractivity contribution in [3.8, 4) is 44.5 Å². The van der Waals surface area contributed by atoms with Crippen LogP contribution in [0.4, 0.5) is 17.1 Å². The zero-order valence-electron chi connectivity index (χ0n) is 31.0. The van der Waals surface area contributed by atoms with Crippen LogP contribution in [0.25, 0.3) is 86.6 Å². The summed E-state index contributed by atoms with van der Waals surface area (Å²) in [7, 11) is 0. The summed E-state index contributed by atoms with van der Waals surface area (Å²) >= 11 is 1.85. The number of nitrogens with zero attached hydrogens (tertiary/aromatic N) is 1. The molecule has 0 radical (unpaired) electrons. The largest absolute Gasteiger partial charge is 0.456 e. The lowest BCUT2D eigenvalue weighted by atomic mass is 9.93. The van der Waals surface area contributed by atoms with Crippen LogP contribution >= 0.6 is 11.3 Å². The van der Waals surface area contributed by atoms with Gasteiger partial charge in [-0.2, -0.15) is 0 Å². The first-order valence-corrected chi connectivity index (χ1v) is 20.1. The van der Waals surface area contributed by atoms with Gasteiger partial charge in [0.25, 0.3) is 0 Å². The molecule has 9 aromatic carbocycles. The molecule has 0 unspecified atom stereocenters. The van der Waals surface area contributed by atoms with Crippen molar-refractivity contribution < 1.29 is 4.42 Å². The van der Waals surface area contributed by atoms with Gasteiger partial charge in [0, 0.05) is 47.8 Å². The lowest BCUT2D eigenvalue weighted by molar-refractivity contribution is 0.669. The van der Waals surface area contributed by atoms with Gasteiger partial charge >= 0.3 is 0 Å². The summed E-state index contributed by atoms with van der Waals surface area (Å²) in [5.41, 5.74) is 14.3. The second-order valence-electron chi connectivity index (χ2n) is 14.5. The van der Waals surface area contributed by atoms with Crippen LogP contribution in [-0.2, 0) is 0 Å². The van der Waals surface area contributed by atoms with E-state index in [0.29, 0.717) is 0 Å². The maximum absolute atomic E-state index is 6.58. The van der Waals surface area contributed by atoms with Gasteiger partial charge in [0.1, 0.15) is 11.2 Å². The minimum Gasteiger partial charge on any atom is -0.456 e. The Balaban J connectivity index is 1.19. The maximum atomic E-state index is 6.58. The van der Waals surface area contributed by atoms with Gasteiger partial charge in [-0.05, 0) is 94.0 Å². The molecule has 0 spiro atoms. The Morgan fingerprint density at radius 1 is 0.351 bits per heavy atom. The molecule has 268 valence electrons. The zero-order chi connectivity index (χ0) is 37.7. The lowest BCUT2D eigenvalue weighted by Gasteiger charge is -2.30. The topological polar surface area (TPSA) is 16.4 Å². The molecule has 57 heavy (non-hydrogen) atoms. The number of hydrogen-bond acceptors (Lipinski definition) is 3. The highest BCUT2D eigenvalue weighted by molar-refractivity contribution is 7.25. The van der Waals surface area contributed by atoms with Crippen molar-refractivity contribution in [3.63, 3.8) is 0 Å². The van der Waals surface area contributed by atoms with E-state index in [0.717, 1.165) is 55.7 Å². The minimum atomic E-state index is 0.863. The molecular formula is C54H35NOS. The van der Waals surface area contributed by atoms with E-state index in [9.17, 15) is 0 Å². The first-order valence-electron chi connectivity index (χ1n) is 19.3. The van der Waals surface area contributed by atoms with E-state index in [-0.39, 0.29) is 0 Å². The zero-order valence-corrected chi connectivity index (χ0v) is 31.8. The predicted octanol–water partition coefficient (Wildman–Crippen LogP) is 16.1. The van der Waals surface area contributed by atoms with Gasteiger partial charge in [-0.15, -0.1) is 11.3 Å². The number of para-hydroxylation sites is 2. The van der Waals surface area contributed by atoms with E-state index in [2.05, 4.69) is 211 Å². The molecule has 2 aromatic heterocycles. The molecule has 0 aliphatic rings. The van der Waals surface area contributed by atoms with E-state index in [1.165, 1.54) is 48.0 Å². The molecule has 0 N–H and O–H groups in total. The fraction of sp³-hybridized carbons (Fsp3) is 0. The van der Waals surface area contributed by atoms with E-state index < -0.39 is 0 Å². The Hall–Kier alpha value is -7.20. The second kappa shape index (κ2) is 13.8. The van der Waals surface area contributed by atoms with E-state index >= 15 is 0 Å². The van der Waals surface area contributed by atoms with Crippen LogP contribution in [0.2, 0.25) is 0 Å². The smallest absolute Gasteiger partial charge is 0.136 e. The third-order valence-electron chi connectivity index (χ3n) is 11.1. The van der Waals surface area contributed by atoms with Crippen LogP contribution in [0.3, 0.4) is 0 Å². The molecule has 0 aliphatic heterocycles. The molecule has 11 aromatic rings. The second-order valence-corrected chi connectivity index (χ2v) is 15.5. The molecule has 0 saturated carbocycles. The molecule has 0 aliphatic carbocycles. The molecule has 11 rings (SSSR count). The van der Waals surface area contributed by atoms with Crippen LogP contribution in [0.1, 0.15) is 0 Å². The fourth-order valence-electron chi connectivity index (χ4n) is 8.42. The van der Waals surface area contributed by atoms with Crippen LogP contribution < -0.4 is 4.90 Å². The number of anilines is 3. The van der Waals surface area contributed by atoms with Crippen LogP contribution in [0.5, 0.6) is 0 Å². The lowest BCUT2D eigenvalue weighted by Crippen LogP contribution is -2.12. The van der Waals surface area contributed by atoms with Crippen LogP contribution in [0.15, 0.2) is 217 Å². The highest BCUT2D eigenvalue weighted by Crippen LogP contribution is 2.50. The molecule has 2 nitrogen and oxygen atoms in total. The molecule has 0 fully saturated rings. The first kappa shape index (κ1) is 33.2. The van der Waals surface area contributed by atoms with E-state index in [1.54, 1.807) is 0 Å². The van der Waals surface area contributed by atoms with Gasteiger partial charge < -0.3 is 9.32 Å². The molecule has 0 saturated heterocycles. The summed E-state index contributed by atoms with van der Waals surface area (Å²) in [5.74, 6) is 0. The van der Waals surface area contributed by atoms with Gasteiger partial charge in [-0.25, -0.2) is 0 Å². The van der Waals surface area contributed by atoms with Crippen LogP contribution in [-0.4, -0.2) is 0 Å². The molecular weight excluding hydrogens is 711 g/mol. The Morgan fingerprint density at radius 2 is 0.965 bits per heavy atom. The number of fused-ring (bicyclic) bond motifs is 6. The number of hydrogen-bond donors (Lipinski definition) is 0. The summed E-state index contributed by atoms with van der Waals surface area (Å²) in [6.07, 6.45) is 0. The molecule has 2 heterocycles. The van der Waals surface area contributed by atoms with Crippen molar-refractivity contribution in [2.24, 2.45) is 0 Å². The third-order valence-corrected chi connectivity index (χ3v) is 12.2. The van der Waals surface area contributed by atoms with Gasteiger partial charge in [-0.3, -0.25) is 0 Å².